The monoisotopic (exact) mass is 523 g/mol. The number of unbranched alkanes of at least 4 members (excludes halogenated alkanes) is 1. The highest BCUT2D eigenvalue weighted by Gasteiger charge is 2.28. The van der Waals surface area contributed by atoms with Gasteiger partial charge in [-0.25, -0.2) is 4.79 Å². The molecular weight excluding hydrogens is 490 g/mol. The van der Waals surface area contributed by atoms with Crippen molar-refractivity contribution in [2.24, 2.45) is 4.40 Å². The van der Waals surface area contributed by atoms with Crippen molar-refractivity contribution in [2.75, 3.05) is 32.6 Å². The van der Waals surface area contributed by atoms with Crippen LogP contribution < -0.4 is 9.64 Å². The number of para-hydroxylation sites is 1. The van der Waals surface area contributed by atoms with E-state index in [9.17, 15) is 13.2 Å². The zero-order valence-corrected chi connectivity index (χ0v) is 22.4. The van der Waals surface area contributed by atoms with Crippen LogP contribution in [0.4, 0.5) is 5.69 Å². The van der Waals surface area contributed by atoms with E-state index in [0.29, 0.717) is 24.5 Å². The van der Waals surface area contributed by atoms with Gasteiger partial charge in [0.05, 0.1) is 18.4 Å². The van der Waals surface area contributed by atoms with E-state index in [1.54, 1.807) is 44.4 Å². The molecule has 0 saturated heterocycles. The quantitative estimate of drug-likeness (QED) is 0.180. The lowest BCUT2D eigenvalue weighted by atomic mass is 10.1. The van der Waals surface area contributed by atoms with Crippen LogP contribution in [-0.2, 0) is 21.3 Å². The van der Waals surface area contributed by atoms with Crippen LogP contribution in [0.3, 0.4) is 0 Å². The molecule has 0 heterocycles. The number of rotatable bonds is 12. The molecule has 0 amide bonds. The van der Waals surface area contributed by atoms with Crippen LogP contribution in [0.15, 0.2) is 82.1 Å². The lowest BCUT2D eigenvalue weighted by Crippen LogP contribution is -2.25. The first-order chi connectivity index (χ1) is 17.7. The Kier molecular flexibility index (Phi) is 9.68. The second-order valence-electron chi connectivity index (χ2n) is 8.65. The number of carbonyl (C=O) groups excluding carboxylic acids is 1. The van der Waals surface area contributed by atoms with Crippen molar-refractivity contribution >= 4 is 28.0 Å². The Bertz CT molecular complexity index is 1310. The fraction of sp³-hybridized carbons (Fsp3) is 0.286. The molecule has 8 nitrogen and oxygen atoms in total. The first-order valence-electron chi connectivity index (χ1n) is 12.0. The summed E-state index contributed by atoms with van der Waals surface area (Å²) in [5.74, 6) is -0.102. The highest BCUT2D eigenvalue weighted by Crippen LogP contribution is 2.41. The van der Waals surface area contributed by atoms with Gasteiger partial charge in [-0.05, 0) is 36.2 Å². The molecule has 0 unspecified atom stereocenters. The van der Waals surface area contributed by atoms with Gasteiger partial charge in [0, 0.05) is 27.2 Å². The molecule has 0 aliphatic rings. The molecule has 9 heteroatoms. The number of ether oxygens (including phenoxy) is 2. The summed E-state index contributed by atoms with van der Waals surface area (Å²) in [5, 5.41) is 0. The minimum Gasteiger partial charge on any atom is -0.465 e. The first-order valence-corrected chi connectivity index (χ1v) is 13.4. The molecule has 0 bridgehead atoms. The van der Waals surface area contributed by atoms with E-state index in [1.807, 2.05) is 41.3 Å². The van der Waals surface area contributed by atoms with Gasteiger partial charge in [-0.2, -0.15) is 8.42 Å². The Balaban J connectivity index is 2.30. The molecule has 0 aliphatic heterocycles. The summed E-state index contributed by atoms with van der Waals surface area (Å²) in [6.45, 7) is 3.18. The van der Waals surface area contributed by atoms with E-state index in [4.69, 9.17) is 9.47 Å². The van der Waals surface area contributed by atoms with Gasteiger partial charge in [0.15, 0.2) is 5.75 Å². The van der Waals surface area contributed by atoms with Gasteiger partial charge in [-0.3, -0.25) is 0 Å². The predicted octanol–water partition coefficient (Wildman–Crippen LogP) is 5.35. The van der Waals surface area contributed by atoms with Crippen LogP contribution in [0, 0.1) is 0 Å². The van der Waals surface area contributed by atoms with E-state index < -0.39 is 16.0 Å². The van der Waals surface area contributed by atoms with E-state index in [-0.39, 0.29) is 16.2 Å². The third kappa shape index (κ3) is 7.57. The van der Waals surface area contributed by atoms with Crippen LogP contribution >= 0.6 is 0 Å². The van der Waals surface area contributed by atoms with Crippen molar-refractivity contribution in [1.82, 2.24) is 4.90 Å². The fourth-order valence-corrected chi connectivity index (χ4v) is 4.69. The number of hydrogen-bond acceptors (Lipinski definition) is 6. The van der Waals surface area contributed by atoms with Gasteiger partial charge >= 0.3 is 5.97 Å². The van der Waals surface area contributed by atoms with Crippen molar-refractivity contribution < 1.29 is 22.7 Å². The second-order valence-corrected chi connectivity index (χ2v) is 10.3. The molecule has 3 aromatic carbocycles. The summed E-state index contributed by atoms with van der Waals surface area (Å²) in [6.07, 6.45) is 2.97. The molecule has 3 aromatic rings. The van der Waals surface area contributed by atoms with Crippen molar-refractivity contribution in [2.45, 2.75) is 31.2 Å². The van der Waals surface area contributed by atoms with E-state index in [2.05, 4.69) is 11.3 Å². The topological polar surface area (TPSA) is 88.5 Å². The highest BCUT2D eigenvalue weighted by molar-refractivity contribution is 7.90. The smallest absolute Gasteiger partial charge is 0.337 e. The van der Waals surface area contributed by atoms with Crippen LogP contribution in [0.2, 0.25) is 0 Å². The standard InChI is InChI=1S/C28H33N3O5S/c1-5-6-17-31(20-22-13-9-7-10-14-22)25-18-23(28(32)35-4)19-26(37(33,34)29-21-30(2)3)27(25)36-24-15-11-8-12-16-24/h7-16,18-19,21H,5-6,17,20H2,1-4H3. The number of benzene rings is 3. The molecule has 196 valence electrons. The maximum atomic E-state index is 13.5. The molecule has 0 spiro atoms. The first kappa shape index (κ1) is 27.7. The summed E-state index contributed by atoms with van der Waals surface area (Å²) in [6, 6.07) is 21.6. The zero-order chi connectivity index (χ0) is 26.8. The Hall–Kier alpha value is -3.85. The second kappa shape index (κ2) is 12.9. The van der Waals surface area contributed by atoms with Crippen molar-refractivity contribution in [3.05, 3.63) is 83.9 Å². The highest BCUT2D eigenvalue weighted by atomic mass is 32.2. The van der Waals surface area contributed by atoms with E-state index in [1.165, 1.54) is 24.4 Å². The van der Waals surface area contributed by atoms with Crippen LogP contribution in [-0.4, -0.2) is 53.4 Å². The molecule has 0 atom stereocenters. The largest absolute Gasteiger partial charge is 0.465 e. The van der Waals surface area contributed by atoms with Gasteiger partial charge in [0.25, 0.3) is 10.0 Å². The Labute approximate surface area is 219 Å². The molecule has 0 N–H and O–H groups in total. The number of methoxy groups -OCH3 is 1. The SMILES string of the molecule is CCCCN(Cc1ccccc1)c1cc(C(=O)OC)cc(S(=O)(=O)N=CN(C)C)c1Oc1ccccc1. The third-order valence-corrected chi connectivity index (χ3v) is 6.68. The van der Waals surface area contributed by atoms with Gasteiger partial charge in [-0.15, -0.1) is 4.40 Å². The zero-order valence-electron chi connectivity index (χ0n) is 21.6. The molecule has 0 fully saturated rings. The number of esters is 1. The van der Waals surface area contributed by atoms with Gasteiger partial charge < -0.3 is 19.3 Å². The van der Waals surface area contributed by atoms with Crippen molar-refractivity contribution in [1.29, 1.82) is 0 Å². The normalized spacial score (nSPS) is 11.4. The Morgan fingerprint density at radius 2 is 1.65 bits per heavy atom. The number of nitrogens with zero attached hydrogens (tertiary/aromatic N) is 3. The summed E-state index contributed by atoms with van der Waals surface area (Å²) in [5.41, 5.74) is 1.58. The molecule has 37 heavy (non-hydrogen) atoms. The number of sulfonamides is 1. The van der Waals surface area contributed by atoms with E-state index >= 15 is 0 Å². The fourth-order valence-electron chi connectivity index (χ4n) is 3.61. The predicted molar refractivity (Wildman–Crippen MR) is 146 cm³/mol. The molecule has 3 rings (SSSR count). The Morgan fingerprint density at radius 3 is 2.24 bits per heavy atom. The number of anilines is 1. The lowest BCUT2D eigenvalue weighted by molar-refractivity contribution is 0.0600. The number of carbonyl (C=O) groups is 1. The third-order valence-electron chi connectivity index (χ3n) is 5.45. The summed E-state index contributed by atoms with van der Waals surface area (Å²) in [7, 11) is 0.346. The maximum Gasteiger partial charge on any atom is 0.337 e. The summed E-state index contributed by atoms with van der Waals surface area (Å²) in [4.78, 5) is 16.0. The summed E-state index contributed by atoms with van der Waals surface area (Å²) >= 11 is 0. The van der Waals surface area contributed by atoms with Gasteiger partial charge in [0.1, 0.15) is 17.0 Å². The molecule has 0 radical (unpaired) electrons. The average molecular weight is 524 g/mol. The molecular formula is C28H33N3O5S. The van der Waals surface area contributed by atoms with Crippen molar-refractivity contribution in [3.8, 4) is 11.5 Å². The molecule has 0 saturated carbocycles. The van der Waals surface area contributed by atoms with Gasteiger partial charge in [-0.1, -0.05) is 61.9 Å². The summed E-state index contributed by atoms with van der Waals surface area (Å²) < 4.78 is 42.0. The molecule has 0 aromatic heterocycles. The molecule has 0 aliphatic carbocycles. The van der Waals surface area contributed by atoms with Crippen LogP contribution in [0.5, 0.6) is 11.5 Å². The number of hydrogen-bond donors (Lipinski definition) is 0. The van der Waals surface area contributed by atoms with Crippen molar-refractivity contribution in [3.63, 3.8) is 0 Å². The van der Waals surface area contributed by atoms with Gasteiger partial charge in [0.2, 0.25) is 0 Å². The average Bonchev–Trinajstić information content (AvgIpc) is 2.90. The van der Waals surface area contributed by atoms with Crippen LogP contribution in [0.25, 0.3) is 0 Å². The van der Waals surface area contributed by atoms with E-state index in [0.717, 1.165) is 18.4 Å². The minimum absolute atomic E-state index is 0.0890. The minimum atomic E-state index is -4.25. The lowest BCUT2D eigenvalue weighted by Gasteiger charge is -2.28. The van der Waals surface area contributed by atoms with Crippen LogP contribution in [0.1, 0.15) is 35.7 Å². The maximum absolute atomic E-state index is 13.5. The Morgan fingerprint density at radius 1 is 1.00 bits per heavy atom.